The van der Waals surface area contributed by atoms with Crippen molar-refractivity contribution in [3.63, 3.8) is 0 Å². The van der Waals surface area contributed by atoms with Gasteiger partial charge >= 0.3 is 0 Å². The average molecular weight is 472 g/mol. The summed E-state index contributed by atoms with van der Waals surface area (Å²) in [5.74, 6) is 0.960. The number of rotatable bonds is 8. The highest BCUT2D eigenvalue weighted by Gasteiger charge is 2.11. The fourth-order valence-corrected chi connectivity index (χ4v) is 3.26. The number of fused-ring (bicyclic) bond motifs is 1. The van der Waals surface area contributed by atoms with Crippen LogP contribution in [0.15, 0.2) is 23.2 Å². The molecule has 1 aliphatic rings. The van der Waals surface area contributed by atoms with Crippen LogP contribution in [0.4, 0.5) is 0 Å². The molecule has 1 aliphatic carbocycles. The quantitative estimate of drug-likeness (QED) is 0.348. The Kier molecular flexibility index (Phi) is 10.6. The molecule has 2 N–H and O–H groups in total. The van der Waals surface area contributed by atoms with Crippen molar-refractivity contribution in [1.82, 2.24) is 15.5 Å². The van der Waals surface area contributed by atoms with Crippen LogP contribution in [-0.2, 0) is 24.2 Å². The second kappa shape index (κ2) is 12.1. The molecular weight excluding hydrogens is 439 g/mol. The predicted octanol–water partition coefficient (Wildman–Crippen LogP) is 3.11. The van der Waals surface area contributed by atoms with Gasteiger partial charge in [-0.15, -0.1) is 24.0 Å². The summed E-state index contributed by atoms with van der Waals surface area (Å²) in [6.07, 6.45) is 4.17. The fraction of sp³-hybridized carbons (Fsp3) is 0.600. The van der Waals surface area contributed by atoms with E-state index in [2.05, 4.69) is 33.8 Å². The molecule has 0 unspecified atom stereocenters. The molecule has 26 heavy (non-hydrogen) atoms. The normalized spacial score (nSPS) is 13.0. The Labute approximate surface area is 175 Å². The molecule has 1 amide bonds. The first kappa shape index (κ1) is 22.7. The molecule has 0 saturated carbocycles. The van der Waals surface area contributed by atoms with Crippen LogP contribution < -0.4 is 10.6 Å². The summed E-state index contributed by atoms with van der Waals surface area (Å²) in [6.45, 7) is 9.67. The highest BCUT2D eigenvalue weighted by molar-refractivity contribution is 14.0. The molecule has 0 radical (unpaired) electrons. The largest absolute Gasteiger partial charge is 0.357 e. The SMILES string of the molecule is CCNC(=NCc1ccc2c(c1)CCC2)NCCC(=O)N(CC)CC.I. The summed E-state index contributed by atoms with van der Waals surface area (Å²) < 4.78 is 0. The highest BCUT2D eigenvalue weighted by atomic mass is 127. The van der Waals surface area contributed by atoms with Gasteiger partial charge in [0.15, 0.2) is 5.96 Å². The van der Waals surface area contributed by atoms with E-state index in [-0.39, 0.29) is 29.9 Å². The highest BCUT2D eigenvalue weighted by Crippen LogP contribution is 2.23. The fourth-order valence-electron chi connectivity index (χ4n) is 3.26. The van der Waals surface area contributed by atoms with Crippen LogP contribution in [0, 0.1) is 0 Å². The van der Waals surface area contributed by atoms with E-state index in [0.29, 0.717) is 19.5 Å². The van der Waals surface area contributed by atoms with E-state index in [4.69, 9.17) is 0 Å². The minimum atomic E-state index is 0. The molecule has 0 fully saturated rings. The first-order chi connectivity index (χ1) is 12.2. The third-order valence-electron chi connectivity index (χ3n) is 4.67. The van der Waals surface area contributed by atoms with E-state index in [1.54, 1.807) is 0 Å². The number of nitrogens with one attached hydrogen (secondary N) is 2. The zero-order valence-corrected chi connectivity index (χ0v) is 18.6. The van der Waals surface area contributed by atoms with Gasteiger partial charge < -0.3 is 15.5 Å². The van der Waals surface area contributed by atoms with Crippen LogP contribution >= 0.6 is 24.0 Å². The lowest BCUT2D eigenvalue weighted by atomic mass is 10.1. The van der Waals surface area contributed by atoms with Crippen LogP contribution in [0.5, 0.6) is 0 Å². The number of amides is 1. The average Bonchev–Trinajstić information content (AvgIpc) is 3.08. The standard InChI is InChI=1S/C20H32N4O.HI/c1-4-21-20(22-13-12-19(25)24(5-2)6-3)23-15-16-10-11-17-8-7-9-18(17)14-16;/h10-11,14H,4-9,12-13,15H2,1-3H3,(H2,21,22,23);1H. The van der Waals surface area contributed by atoms with Gasteiger partial charge in [-0.1, -0.05) is 18.2 Å². The third-order valence-corrected chi connectivity index (χ3v) is 4.67. The molecule has 0 saturated heterocycles. The van der Waals surface area contributed by atoms with Crippen LogP contribution in [0.1, 0.15) is 50.3 Å². The molecule has 0 atom stereocenters. The Bertz CT molecular complexity index is 599. The molecule has 1 aromatic carbocycles. The molecule has 0 spiro atoms. The number of hydrogen-bond acceptors (Lipinski definition) is 2. The van der Waals surface area contributed by atoms with Gasteiger partial charge in [0.1, 0.15) is 0 Å². The van der Waals surface area contributed by atoms with E-state index < -0.39 is 0 Å². The van der Waals surface area contributed by atoms with Crippen molar-refractivity contribution >= 4 is 35.8 Å². The monoisotopic (exact) mass is 472 g/mol. The molecule has 0 bridgehead atoms. The summed E-state index contributed by atoms with van der Waals surface area (Å²) >= 11 is 0. The maximum Gasteiger partial charge on any atom is 0.224 e. The summed E-state index contributed by atoms with van der Waals surface area (Å²) in [6, 6.07) is 6.72. The third kappa shape index (κ3) is 6.78. The zero-order chi connectivity index (χ0) is 18.1. The van der Waals surface area contributed by atoms with Crippen LogP contribution in [0.2, 0.25) is 0 Å². The second-order valence-corrected chi connectivity index (χ2v) is 6.39. The zero-order valence-electron chi connectivity index (χ0n) is 16.3. The van der Waals surface area contributed by atoms with E-state index in [1.807, 2.05) is 25.7 Å². The van der Waals surface area contributed by atoms with Crippen molar-refractivity contribution in [2.45, 2.75) is 53.0 Å². The smallest absolute Gasteiger partial charge is 0.224 e. The number of carbonyl (C=O) groups is 1. The Balaban J connectivity index is 0.00000338. The van der Waals surface area contributed by atoms with Gasteiger partial charge in [0.05, 0.1) is 6.54 Å². The number of halogens is 1. The topological polar surface area (TPSA) is 56.7 Å². The second-order valence-electron chi connectivity index (χ2n) is 6.39. The van der Waals surface area contributed by atoms with Crippen molar-refractivity contribution in [2.24, 2.45) is 4.99 Å². The summed E-state index contributed by atoms with van der Waals surface area (Å²) in [4.78, 5) is 18.6. The summed E-state index contributed by atoms with van der Waals surface area (Å²) in [5, 5.41) is 6.52. The van der Waals surface area contributed by atoms with Crippen molar-refractivity contribution in [1.29, 1.82) is 0 Å². The first-order valence-electron chi connectivity index (χ1n) is 9.58. The summed E-state index contributed by atoms with van der Waals surface area (Å²) in [5.41, 5.74) is 4.22. The molecule has 5 nitrogen and oxygen atoms in total. The van der Waals surface area contributed by atoms with Gasteiger partial charge in [0.25, 0.3) is 0 Å². The van der Waals surface area contributed by atoms with Gasteiger partial charge in [-0.25, -0.2) is 4.99 Å². The molecule has 0 aliphatic heterocycles. The minimum Gasteiger partial charge on any atom is -0.357 e. The first-order valence-corrected chi connectivity index (χ1v) is 9.58. The molecule has 2 rings (SSSR count). The lowest BCUT2D eigenvalue weighted by molar-refractivity contribution is -0.130. The Hall–Kier alpha value is -1.31. The maximum atomic E-state index is 12.1. The number of aliphatic imine (C=N–C) groups is 1. The Morgan fingerprint density at radius 3 is 2.54 bits per heavy atom. The number of guanidine groups is 1. The van der Waals surface area contributed by atoms with Crippen molar-refractivity contribution < 1.29 is 4.79 Å². The molecular formula is C20H33IN4O. The van der Waals surface area contributed by atoms with Crippen LogP contribution in [0.25, 0.3) is 0 Å². The number of benzene rings is 1. The Morgan fingerprint density at radius 1 is 1.12 bits per heavy atom. The van der Waals surface area contributed by atoms with Gasteiger partial charge in [0.2, 0.25) is 5.91 Å². The van der Waals surface area contributed by atoms with Gasteiger partial charge in [-0.2, -0.15) is 0 Å². The van der Waals surface area contributed by atoms with Gasteiger partial charge in [0, 0.05) is 32.6 Å². The lowest BCUT2D eigenvalue weighted by Gasteiger charge is -2.19. The van der Waals surface area contributed by atoms with Gasteiger partial charge in [-0.3, -0.25) is 4.79 Å². The van der Waals surface area contributed by atoms with Crippen molar-refractivity contribution in [3.05, 3.63) is 34.9 Å². The van der Waals surface area contributed by atoms with Crippen LogP contribution in [0.3, 0.4) is 0 Å². The van der Waals surface area contributed by atoms with Gasteiger partial charge in [-0.05, 0) is 56.7 Å². The minimum absolute atomic E-state index is 0. The molecule has 0 heterocycles. The lowest BCUT2D eigenvalue weighted by Crippen LogP contribution is -2.40. The molecule has 0 aromatic heterocycles. The number of hydrogen-bond donors (Lipinski definition) is 2. The molecule has 146 valence electrons. The van der Waals surface area contributed by atoms with Crippen molar-refractivity contribution in [3.8, 4) is 0 Å². The van der Waals surface area contributed by atoms with E-state index in [9.17, 15) is 4.79 Å². The van der Waals surface area contributed by atoms with E-state index in [1.165, 1.54) is 36.0 Å². The van der Waals surface area contributed by atoms with E-state index >= 15 is 0 Å². The Morgan fingerprint density at radius 2 is 1.85 bits per heavy atom. The van der Waals surface area contributed by atoms with Crippen molar-refractivity contribution in [2.75, 3.05) is 26.2 Å². The number of carbonyl (C=O) groups excluding carboxylic acids is 1. The molecule has 6 heteroatoms. The summed E-state index contributed by atoms with van der Waals surface area (Å²) in [7, 11) is 0. The van der Waals surface area contributed by atoms with Crippen LogP contribution in [-0.4, -0.2) is 42.9 Å². The number of nitrogens with zero attached hydrogens (tertiary/aromatic N) is 2. The van der Waals surface area contributed by atoms with E-state index in [0.717, 1.165) is 25.6 Å². The number of aryl methyl sites for hydroxylation is 2. The maximum absolute atomic E-state index is 12.1. The molecule has 1 aromatic rings. The predicted molar refractivity (Wildman–Crippen MR) is 119 cm³/mol.